The Hall–Kier alpha value is -2.54. The van der Waals surface area contributed by atoms with Gasteiger partial charge in [-0.05, 0) is 50.6 Å². The maximum absolute atomic E-state index is 13.3. The Balaban J connectivity index is 1.61. The quantitative estimate of drug-likeness (QED) is 0.763. The van der Waals surface area contributed by atoms with Crippen LogP contribution in [0.15, 0.2) is 30.5 Å². The number of hydrogen-bond acceptors (Lipinski definition) is 5. The minimum Gasteiger partial charge on any atom is -0.367 e. The predicted molar refractivity (Wildman–Crippen MR) is 99.5 cm³/mol. The zero-order valence-electron chi connectivity index (χ0n) is 15.1. The highest BCUT2D eigenvalue weighted by Crippen LogP contribution is 2.27. The van der Waals surface area contributed by atoms with Crippen molar-refractivity contribution in [3.63, 3.8) is 0 Å². The molecule has 0 radical (unpaired) electrons. The Morgan fingerprint density at radius 2 is 1.88 bits per heavy atom. The monoisotopic (exact) mass is 354 g/mol. The standard InChI is InChI=1S/C19H23FN6/c1-13-23-18(16-11-22-25(2)19(16)24-13)21-12-17(26-9-3-4-10-26)14-5-7-15(20)8-6-14/h5-8,11,17H,3-4,9-10,12H2,1-2H3,(H,21,23,24)/t17-/m1/s1. The molecule has 1 N–H and O–H groups in total. The SMILES string of the molecule is Cc1nc(NC[C@H](c2ccc(F)cc2)N2CCCC2)c2cnn(C)c2n1. The average molecular weight is 354 g/mol. The fraction of sp³-hybridized carbons (Fsp3) is 0.421. The van der Waals surface area contributed by atoms with E-state index in [-0.39, 0.29) is 11.9 Å². The predicted octanol–water partition coefficient (Wildman–Crippen LogP) is 3.06. The number of fused-ring (bicyclic) bond motifs is 1. The van der Waals surface area contributed by atoms with Crippen LogP contribution in [-0.2, 0) is 7.05 Å². The van der Waals surface area contributed by atoms with Gasteiger partial charge in [0.15, 0.2) is 5.65 Å². The van der Waals surface area contributed by atoms with E-state index in [9.17, 15) is 4.39 Å². The first-order chi connectivity index (χ1) is 12.6. The number of aryl methyl sites for hydroxylation is 2. The van der Waals surface area contributed by atoms with Gasteiger partial charge in [-0.25, -0.2) is 14.4 Å². The minimum atomic E-state index is -0.203. The molecule has 0 unspecified atom stereocenters. The molecule has 0 bridgehead atoms. The molecule has 3 aromatic rings. The number of aromatic nitrogens is 4. The number of nitrogens with one attached hydrogen (secondary N) is 1. The third-order valence-corrected chi connectivity index (χ3v) is 5.00. The van der Waals surface area contributed by atoms with Crippen molar-refractivity contribution < 1.29 is 4.39 Å². The van der Waals surface area contributed by atoms with Gasteiger partial charge in [-0.15, -0.1) is 0 Å². The third kappa shape index (κ3) is 3.26. The van der Waals surface area contributed by atoms with Crippen molar-refractivity contribution in [3.05, 3.63) is 47.7 Å². The number of rotatable bonds is 5. The second kappa shape index (κ2) is 6.99. The fourth-order valence-corrected chi connectivity index (χ4v) is 3.66. The highest BCUT2D eigenvalue weighted by Gasteiger charge is 2.24. The van der Waals surface area contributed by atoms with E-state index in [0.29, 0.717) is 12.4 Å². The summed E-state index contributed by atoms with van der Waals surface area (Å²) in [7, 11) is 1.88. The van der Waals surface area contributed by atoms with Gasteiger partial charge in [-0.1, -0.05) is 12.1 Å². The molecule has 0 aliphatic carbocycles. The summed E-state index contributed by atoms with van der Waals surface area (Å²) < 4.78 is 15.1. The Labute approximate surface area is 152 Å². The van der Waals surface area contributed by atoms with Crippen LogP contribution >= 0.6 is 0 Å². The average Bonchev–Trinajstić information content (AvgIpc) is 3.27. The van der Waals surface area contributed by atoms with E-state index in [0.717, 1.165) is 35.5 Å². The summed E-state index contributed by atoms with van der Waals surface area (Å²) in [6, 6.07) is 7.01. The first kappa shape index (κ1) is 16.9. The number of halogens is 1. The van der Waals surface area contributed by atoms with Gasteiger partial charge in [0, 0.05) is 13.6 Å². The summed E-state index contributed by atoms with van der Waals surface area (Å²) in [5.74, 6) is 1.31. The normalized spacial score (nSPS) is 16.3. The zero-order chi connectivity index (χ0) is 18.1. The second-order valence-corrected chi connectivity index (χ2v) is 6.82. The van der Waals surface area contributed by atoms with Gasteiger partial charge >= 0.3 is 0 Å². The molecule has 0 spiro atoms. The summed E-state index contributed by atoms with van der Waals surface area (Å²) in [5, 5.41) is 8.70. The first-order valence-electron chi connectivity index (χ1n) is 9.01. The lowest BCUT2D eigenvalue weighted by atomic mass is 10.1. The van der Waals surface area contributed by atoms with Gasteiger partial charge in [0.05, 0.1) is 17.6 Å². The number of nitrogens with zero attached hydrogens (tertiary/aromatic N) is 5. The molecule has 0 amide bonds. The molecular weight excluding hydrogens is 331 g/mol. The van der Waals surface area contributed by atoms with E-state index < -0.39 is 0 Å². The Kier molecular flexibility index (Phi) is 4.55. The van der Waals surface area contributed by atoms with Crippen LogP contribution in [0.5, 0.6) is 0 Å². The highest BCUT2D eigenvalue weighted by molar-refractivity contribution is 5.86. The molecule has 1 aromatic carbocycles. The van der Waals surface area contributed by atoms with Crippen molar-refractivity contribution in [1.29, 1.82) is 0 Å². The van der Waals surface area contributed by atoms with E-state index in [1.165, 1.54) is 25.0 Å². The molecule has 6 nitrogen and oxygen atoms in total. The van der Waals surface area contributed by atoms with Crippen LogP contribution in [0, 0.1) is 12.7 Å². The van der Waals surface area contributed by atoms with Crippen molar-refractivity contribution in [2.75, 3.05) is 25.0 Å². The molecule has 136 valence electrons. The molecule has 3 heterocycles. The molecule has 1 saturated heterocycles. The number of benzene rings is 1. The van der Waals surface area contributed by atoms with Crippen molar-refractivity contribution in [2.45, 2.75) is 25.8 Å². The number of likely N-dealkylation sites (tertiary alicyclic amines) is 1. The van der Waals surface area contributed by atoms with Crippen LogP contribution in [-0.4, -0.2) is 44.3 Å². The molecule has 1 aliphatic rings. The van der Waals surface area contributed by atoms with Gasteiger partial charge in [0.1, 0.15) is 17.5 Å². The van der Waals surface area contributed by atoms with Crippen LogP contribution in [0.1, 0.15) is 30.3 Å². The minimum absolute atomic E-state index is 0.181. The van der Waals surface area contributed by atoms with E-state index >= 15 is 0 Å². The number of hydrogen-bond donors (Lipinski definition) is 1. The topological polar surface area (TPSA) is 58.9 Å². The van der Waals surface area contributed by atoms with Crippen molar-refractivity contribution >= 4 is 16.9 Å². The van der Waals surface area contributed by atoms with Crippen molar-refractivity contribution in [2.24, 2.45) is 7.05 Å². The van der Waals surface area contributed by atoms with Crippen LogP contribution in [0.2, 0.25) is 0 Å². The summed E-state index contributed by atoms with van der Waals surface area (Å²) in [6.45, 7) is 4.71. The second-order valence-electron chi connectivity index (χ2n) is 6.82. The fourth-order valence-electron chi connectivity index (χ4n) is 3.66. The van der Waals surface area contributed by atoms with Crippen LogP contribution < -0.4 is 5.32 Å². The maximum atomic E-state index is 13.3. The van der Waals surface area contributed by atoms with Crippen LogP contribution in [0.25, 0.3) is 11.0 Å². The van der Waals surface area contributed by atoms with Gasteiger partial charge < -0.3 is 5.32 Å². The Bertz CT molecular complexity index is 898. The van der Waals surface area contributed by atoms with Gasteiger partial charge in [-0.2, -0.15) is 5.10 Å². The first-order valence-corrected chi connectivity index (χ1v) is 9.01. The molecule has 1 aliphatic heterocycles. The molecule has 1 atom stereocenters. The zero-order valence-corrected chi connectivity index (χ0v) is 15.1. The molecule has 1 fully saturated rings. The number of anilines is 1. The largest absolute Gasteiger partial charge is 0.367 e. The molecule has 7 heteroatoms. The summed E-state index contributed by atoms with van der Waals surface area (Å²) >= 11 is 0. The molecule has 2 aromatic heterocycles. The van der Waals surface area contributed by atoms with Crippen molar-refractivity contribution in [1.82, 2.24) is 24.6 Å². The van der Waals surface area contributed by atoms with Crippen LogP contribution in [0.3, 0.4) is 0 Å². The lowest BCUT2D eigenvalue weighted by Crippen LogP contribution is -2.31. The van der Waals surface area contributed by atoms with E-state index in [1.54, 1.807) is 10.9 Å². The van der Waals surface area contributed by atoms with E-state index in [2.05, 4.69) is 25.3 Å². The lowest BCUT2D eigenvalue weighted by Gasteiger charge is -2.28. The Morgan fingerprint density at radius 3 is 2.62 bits per heavy atom. The molecule has 4 rings (SSSR count). The molecule has 26 heavy (non-hydrogen) atoms. The summed E-state index contributed by atoms with van der Waals surface area (Å²) in [4.78, 5) is 11.5. The highest BCUT2D eigenvalue weighted by atomic mass is 19.1. The van der Waals surface area contributed by atoms with E-state index in [4.69, 9.17) is 0 Å². The van der Waals surface area contributed by atoms with Crippen molar-refractivity contribution in [3.8, 4) is 0 Å². The molecular formula is C19H23FN6. The molecule has 0 saturated carbocycles. The van der Waals surface area contributed by atoms with Gasteiger partial charge in [0.25, 0.3) is 0 Å². The Morgan fingerprint density at radius 1 is 1.15 bits per heavy atom. The summed E-state index contributed by atoms with van der Waals surface area (Å²) in [6.07, 6.45) is 4.20. The maximum Gasteiger partial charge on any atom is 0.163 e. The summed E-state index contributed by atoms with van der Waals surface area (Å²) in [5.41, 5.74) is 1.94. The third-order valence-electron chi connectivity index (χ3n) is 5.00. The smallest absolute Gasteiger partial charge is 0.163 e. The lowest BCUT2D eigenvalue weighted by molar-refractivity contribution is 0.256. The van der Waals surface area contributed by atoms with Crippen LogP contribution in [0.4, 0.5) is 10.2 Å². The van der Waals surface area contributed by atoms with Gasteiger partial charge in [-0.3, -0.25) is 9.58 Å². The van der Waals surface area contributed by atoms with E-state index in [1.807, 2.05) is 26.1 Å². The van der Waals surface area contributed by atoms with Gasteiger partial charge in [0.2, 0.25) is 0 Å².